The lowest BCUT2D eigenvalue weighted by atomic mass is 10.1. The molecule has 0 aliphatic carbocycles. The summed E-state index contributed by atoms with van der Waals surface area (Å²) in [4.78, 5) is 9.85. The van der Waals surface area contributed by atoms with Crippen molar-refractivity contribution in [1.82, 2.24) is 0 Å². The molecule has 0 spiro atoms. The predicted octanol–water partition coefficient (Wildman–Crippen LogP) is 2.14. The minimum atomic E-state index is -3.94. The van der Waals surface area contributed by atoms with Gasteiger partial charge < -0.3 is 0 Å². The molecule has 0 saturated carbocycles. The lowest BCUT2D eigenvalue weighted by Crippen LogP contribution is -2.01. The molecule has 15 heavy (non-hydrogen) atoms. The SMILES string of the molecule is Cc1ccc(S(=O)(=O)Cl)c(C)c1[N+](=O)[O-]. The van der Waals surface area contributed by atoms with Gasteiger partial charge in [-0.05, 0) is 19.9 Å². The maximum Gasteiger partial charge on any atom is 0.276 e. The van der Waals surface area contributed by atoms with E-state index in [9.17, 15) is 18.5 Å². The van der Waals surface area contributed by atoms with Crippen LogP contribution in [0.25, 0.3) is 0 Å². The highest BCUT2D eigenvalue weighted by Crippen LogP contribution is 2.30. The van der Waals surface area contributed by atoms with Crippen molar-refractivity contribution in [1.29, 1.82) is 0 Å². The molecule has 1 rings (SSSR count). The maximum absolute atomic E-state index is 11.1. The predicted molar refractivity (Wildman–Crippen MR) is 55.6 cm³/mol. The average molecular weight is 250 g/mol. The van der Waals surface area contributed by atoms with Gasteiger partial charge in [0.05, 0.1) is 9.82 Å². The third kappa shape index (κ3) is 2.27. The van der Waals surface area contributed by atoms with Crippen LogP contribution in [0.2, 0.25) is 0 Å². The van der Waals surface area contributed by atoms with Gasteiger partial charge in [0.1, 0.15) is 0 Å². The minimum Gasteiger partial charge on any atom is -0.258 e. The molecule has 5 nitrogen and oxygen atoms in total. The Kier molecular flexibility index (Phi) is 3.01. The van der Waals surface area contributed by atoms with Crippen molar-refractivity contribution in [2.75, 3.05) is 0 Å². The van der Waals surface area contributed by atoms with Crippen molar-refractivity contribution >= 4 is 25.4 Å². The molecule has 82 valence electrons. The molecule has 0 heterocycles. The minimum absolute atomic E-state index is 0.0648. The molecular formula is C8H8ClNO4S. The zero-order valence-corrected chi connectivity index (χ0v) is 9.59. The van der Waals surface area contributed by atoms with E-state index in [1.165, 1.54) is 26.0 Å². The molecule has 0 aliphatic rings. The molecule has 0 N–H and O–H groups in total. The van der Waals surface area contributed by atoms with Crippen LogP contribution in [-0.4, -0.2) is 13.3 Å². The first-order chi connectivity index (χ1) is 6.75. The van der Waals surface area contributed by atoms with Gasteiger partial charge in [0.2, 0.25) is 0 Å². The Labute approximate surface area is 91.2 Å². The molecule has 1 aromatic carbocycles. The standard InChI is InChI=1S/C8H8ClNO4S/c1-5-3-4-7(15(9,13)14)6(2)8(5)10(11)12/h3-4H,1-2H3. The number of nitrogens with zero attached hydrogens (tertiary/aromatic N) is 1. The lowest BCUT2D eigenvalue weighted by Gasteiger charge is -2.04. The van der Waals surface area contributed by atoms with Gasteiger partial charge in [-0.25, -0.2) is 8.42 Å². The first kappa shape index (κ1) is 11.9. The summed E-state index contributed by atoms with van der Waals surface area (Å²) < 4.78 is 22.2. The van der Waals surface area contributed by atoms with Gasteiger partial charge in [0.15, 0.2) is 0 Å². The van der Waals surface area contributed by atoms with E-state index in [-0.39, 0.29) is 16.1 Å². The Bertz CT molecular complexity index is 524. The van der Waals surface area contributed by atoms with Crippen LogP contribution in [-0.2, 0) is 9.05 Å². The topological polar surface area (TPSA) is 77.3 Å². The summed E-state index contributed by atoms with van der Waals surface area (Å²) in [7, 11) is 1.20. The largest absolute Gasteiger partial charge is 0.276 e. The van der Waals surface area contributed by atoms with Crippen molar-refractivity contribution in [3.63, 3.8) is 0 Å². The summed E-state index contributed by atoms with van der Waals surface area (Å²) in [6, 6.07) is 2.63. The van der Waals surface area contributed by atoms with Gasteiger partial charge in [0, 0.05) is 21.8 Å². The van der Waals surface area contributed by atoms with Gasteiger partial charge in [-0.1, -0.05) is 6.07 Å². The smallest absolute Gasteiger partial charge is 0.258 e. The van der Waals surface area contributed by atoms with Crippen LogP contribution < -0.4 is 0 Å². The Morgan fingerprint density at radius 3 is 2.27 bits per heavy atom. The summed E-state index contributed by atoms with van der Waals surface area (Å²) in [5, 5.41) is 10.7. The zero-order chi connectivity index (χ0) is 11.8. The second-order valence-corrected chi connectivity index (χ2v) is 5.58. The van der Waals surface area contributed by atoms with Crippen molar-refractivity contribution in [2.45, 2.75) is 18.7 Å². The van der Waals surface area contributed by atoms with E-state index in [0.717, 1.165) is 0 Å². The van der Waals surface area contributed by atoms with E-state index in [0.29, 0.717) is 5.56 Å². The number of nitro groups is 1. The highest BCUT2D eigenvalue weighted by molar-refractivity contribution is 8.13. The molecule has 0 bridgehead atoms. The van der Waals surface area contributed by atoms with Gasteiger partial charge >= 0.3 is 0 Å². The molecule has 7 heteroatoms. The molecule has 0 unspecified atom stereocenters. The number of halogens is 1. The number of benzene rings is 1. The van der Waals surface area contributed by atoms with E-state index in [1.54, 1.807) is 0 Å². The van der Waals surface area contributed by atoms with E-state index >= 15 is 0 Å². The summed E-state index contributed by atoms with van der Waals surface area (Å²) in [6.45, 7) is 2.90. The monoisotopic (exact) mass is 249 g/mol. The third-order valence-electron chi connectivity index (χ3n) is 2.03. The van der Waals surface area contributed by atoms with Gasteiger partial charge in [0.25, 0.3) is 14.7 Å². The fourth-order valence-electron chi connectivity index (χ4n) is 1.36. The zero-order valence-electron chi connectivity index (χ0n) is 8.02. The van der Waals surface area contributed by atoms with Crippen LogP contribution >= 0.6 is 10.7 Å². The molecule has 0 fully saturated rings. The van der Waals surface area contributed by atoms with Crippen LogP contribution in [0.15, 0.2) is 17.0 Å². The number of hydrogen-bond acceptors (Lipinski definition) is 4. The van der Waals surface area contributed by atoms with Crippen LogP contribution in [0.4, 0.5) is 5.69 Å². The second-order valence-electron chi connectivity index (χ2n) is 3.05. The Hall–Kier alpha value is -1.14. The molecule has 0 atom stereocenters. The molecule has 0 amide bonds. The van der Waals surface area contributed by atoms with Crippen LogP contribution in [0, 0.1) is 24.0 Å². The van der Waals surface area contributed by atoms with Crippen LogP contribution in [0.1, 0.15) is 11.1 Å². The Morgan fingerprint density at radius 1 is 1.33 bits per heavy atom. The van der Waals surface area contributed by atoms with Crippen molar-refractivity contribution in [2.24, 2.45) is 0 Å². The summed E-state index contributed by atoms with van der Waals surface area (Å²) in [5.74, 6) is 0. The first-order valence-electron chi connectivity index (χ1n) is 3.94. The fourth-order valence-corrected chi connectivity index (χ4v) is 2.56. The number of hydrogen-bond donors (Lipinski definition) is 0. The van der Waals surface area contributed by atoms with E-state index < -0.39 is 14.0 Å². The van der Waals surface area contributed by atoms with Gasteiger partial charge in [-0.2, -0.15) is 0 Å². The van der Waals surface area contributed by atoms with Crippen LogP contribution in [0.5, 0.6) is 0 Å². The van der Waals surface area contributed by atoms with Crippen molar-refractivity contribution < 1.29 is 13.3 Å². The fraction of sp³-hybridized carbons (Fsp3) is 0.250. The van der Waals surface area contributed by atoms with Gasteiger partial charge in [-0.3, -0.25) is 10.1 Å². The van der Waals surface area contributed by atoms with E-state index in [4.69, 9.17) is 10.7 Å². The summed E-state index contributed by atoms with van der Waals surface area (Å²) >= 11 is 0. The Morgan fingerprint density at radius 2 is 1.87 bits per heavy atom. The average Bonchev–Trinajstić information content (AvgIpc) is 2.00. The van der Waals surface area contributed by atoms with E-state index in [2.05, 4.69) is 0 Å². The highest BCUT2D eigenvalue weighted by Gasteiger charge is 2.23. The van der Waals surface area contributed by atoms with E-state index in [1.807, 2.05) is 0 Å². The first-order valence-corrected chi connectivity index (χ1v) is 6.25. The normalized spacial score (nSPS) is 11.4. The van der Waals surface area contributed by atoms with Crippen molar-refractivity contribution in [3.8, 4) is 0 Å². The molecule has 1 aromatic rings. The second kappa shape index (κ2) is 3.79. The quantitative estimate of drug-likeness (QED) is 0.457. The number of rotatable bonds is 2. The lowest BCUT2D eigenvalue weighted by molar-refractivity contribution is -0.386. The number of nitro benzene ring substituents is 1. The van der Waals surface area contributed by atoms with Crippen molar-refractivity contribution in [3.05, 3.63) is 33.4 Å². The molecule has 0 saturated heterocycles. The summed E-state index contributed by atoms with van der Waals surface area (Å²) in [6.07, 6.45) is 0. The molecule has 0 radical (unpaired) electrons. The molecule has 0 aliphatic heterocycles. The summed E-state index contributed by atoms with van der Waals surface area (Å²) in [5.41, 5.74) is 0.258. The maximum atomic E-state index is 11.1. The van der Waals surface area contributed by atoms with Crippen LogP contribution in [0.3, 0.4) is 0 Å². The highest BCUT2D eigenvalue weighted by atomic mass is 35.7. The molecule has 0 aromatic heterocycles. The third-order valence-corrected chi connectivity index (χ3v) is 3.49. The molecular weight excluding hydrogens is 242 g/mol. The number of aryl methyl sites for hydroxylation is 1. The van der Waals surface area contributed by atoms with Gasteiger partial charge in [-0.15, -0.1) is 0 Å². The Balaban J connectivity index is 3.64.